The van der Waals surface area contributed by atoms with Gasteiger partial charge < -0.3 is 9.32 Å². The Labute approximate surface area is 337 Å². The molecule has 0 N–H and O–H groups in total. The zero-order chi connectivity index (χ0) is 38.4. The van der Waals surface area contributed by atoms with Crippen LogP contribution in [0.4, 0.5) is 17.1 Å². The van der Waals surface area contributed by atoms with E-state index in [9.17, 15) is 0 Å². The van der Waals surface area contributed by atoms with E-state index in [4.69, 9.17) is 4.42 Å². The first kappa shape index (κ1) is 33.6. The Morgan fingerprint density at radius 1 is 0.293 bits per heavy atom. The fourth-order valence-electron chi connectivity index (χ4n) is 8.66. The van der Waals surface area contributed by atoms with E-state index in [0.29, 0.717) is 0 Å². The first-order chi connectivity index (χ1) is 28.8. The average molecular weight is 740 g/mol. The number of rotatable bonds is 7. The lowest BCUT2D eigenvalue weighted by molar-refractivity contribution is 0.673. The van der Waals surface area contributed by atoms with Crippen molar-refractivity contribution in [3.8, 4) is 44.5 Å². The van der Waals surface area contributed by atoms with Crippen molar-refractivity contribution in [3.63, 3.8) is 0 Å². The highest BCUT2D eigenvalue weighted by atomic mass is 16.3. The molecule has 0 aliphatic heterocycles. The van der Waals surface area contributed by atoms with Crippen molar-refractivity contribution in [3.05, 3.63) is 224 Å². The predicted molar refractivity (Wildman–Crippen MR) is 245 cm³/mol. The van der Waals surface area contributed by atoms with Crippen LogP contribution < -0.4 is 4.90 Å². The summed E-state index contributed by atoms with van der Waals surface area (Å²) in [4.78, 5) is 2.39. The second-order valence-corrected chi connectivity index (χ2v) is 14.9. The average Bonchev–Trinajstić information content (AvgIpc) is 3.70. The van der Waals surface area contributed by atoms with Gasteiger partial charge in [-0.1, -0.05) is 182 Å². The van der Waals surface area contributed by atoms with Gasteiger partial charge in [0.25, 0.3) is 0 Å². The number of para-hydroxylation sites is 1. The molecule has 0 radical (unpaired) electrons. The van der Waals surface area contributed by atoms with E-state index in [1.54, 1.807) is 0 Å². The summed E-state index contributed by atoms with van der Waals surface area (Å²) in [5.74, 6) is 0. The van der Waals surface area contributed by atoms with Crippen molar-refractivity contribution < 1.29 is 4.42 Å². The number of nitrogens with zero attached hydrogens (tertiary/aromatic N) is 1. The summed E-state index contributed by atoms with van der Waals surface area (Å²) in [5, 5.41) is 7.08. The Hall–Kier alpha value is -7.68. The highest BCUT2D eigenvalue weighted by Gasteiger charge is 2.19. The molecule has 0 amide bonds. The van der Waals surface area contributed by atoms with E-state index in [2.05, 4.69) is 229 Å². The standard InChI is InChI=1S/C56H37NO/c1-2-12-38(13-3-1)39-24-26-43(27-25-39)49-18-8-9-22-53(49)57(45-33-28-42(29-34-45)48-20-10-16-40-14-4-6-17-47(40)48)46-35-30-44(31-36-46)50-21-11-23-54-55(50)52-37-32-41-15-5-7-19-51(41)56(52)58-54/h1-37H. The Bertz CT molecular complexity index is 3250. The summed E-state index contributed by atoms with van der Waals surface area (Å²) in [7, 11) is 0. The van der Waals surface area contributed by atoms with Crippen molar-refractivity contribution in [1.29, 1.82) is 0 Å². The molecule has 0 fully saturated rings. The van der Waals surface area contributed by atoms with E-state index < -0.39 is 0 Å². The Kier molecular flexibility index (Phi) is 8.19. The normalized spacial score (nSPS) is 11.4. The zero-order valence-corrected chi connectivity index (χ0v) is 31.7. The lowest BCUT2D eigenvalue weighted by atomic mass is 9.96. The summed E-state index contributed by atoms with van der Waals surface area (Å²) in [5.41, 5.74) is 14.5. The molecule has 11 aromatic rings. The molecule has 1 aromatic heterocycles. The minimum absolute atomic E-state index is 0.896. The molecule has 0 bridgehead atoms. The van der Waals surface area contributed by atoms with Crippen LogP contribution in [0.25, 0.3) is 88.0 Å². The molecule has 2 nitrogen and oxygen atoms in total. The van der Waals surface area contributed by atoms with Crippen LogP contribution >= 0.6 is 0 Å². The third kappa shape index (κ3) is 5.82. The van der Waals surface area contributed by atoms with Gasteiger partial charge in [0.1, 0.15) is 11.2 Å². The predicted octanol–water partition coefficient (Wildman–Crippen LogP) is 16.0. The number of fused-ring (bicyclic) bond motifs is 6. The highest BCUT2D eigenvalue weighted by molar-refractivity contribution is 6.19. The van der Waals surface area contributed by atoms with Crippen LogP contribution in [-0.4, -0.2) is 0 Å². The number of hydrogen-bond acceptors (Lipinski definition) is 2. The smallest absolute Gasteiger partial charge is 0.143 e. The second-order valence-electron chi connectivity index (χ2n) is 14.9. The molecule has 0 saturated carbocycles. The molecular weight excluding hydrogens is 703 g/mol. The maximum absolute atomic E-state index is 6.55. The van der Waals surface area contributed by atoms with Gasteiger partial charge in [-0.15, -0.1) is 0 Å². The molecule has 2 heteroatoms. The van der Waals surface area contributed by atoms with Gasteiger partial charge >= 0.3 is 0 Å². The molecular formula is C56H37NO. The summed E-state index contributed by atoms with van der Waals surface area (Å²) < 4.78 is 6.55. The molecule has 272 valence electrons. The van der Waals surface area contributed by atoms with Gasteiger partial charge in [0, 0.05) is 33.1 Å². The molecule has 0 spiro atoms. The van der Waals surface area contributed by atoms with Crippen molar-refractivity contribution in [1.82, 2.24) is 0 Å². The van der Waals surface area contributed by atoms with E-state index in [1.807, 2.05) is 0 Å². The molecule has 1 heterocycles. The van der Waals surface area contributed by atoms with Gasteiger partial charge in [-0.3, -0.25) is 0 Å². The van der Waals surface area contributed by atoms with Crippen molar-refractivity contribution in [2.45, 2.75) is 0 Å². The maximum Gasteiger partial charge on any atom is 0.143 e. The molecule has 11 rings (SSSR count). The van der Waals surface area contributed by atoms with Crippen LogP contribution in [-0.2, 0) is 0 Å². The van der Waals surface area contributed by atoms with Crippen LogP contribution in [0.5, 0.6) is 0 Å². The van der Waals surface area contributed by atoms with Gasteiger partial charge in [0.2, 0.25) is 0 Å². The topological polar surface area (TPSA) is 16.4 Å². The van der Waals surface area contributed by atoms with Crippen LogP contribution in [0.15, 0.2) is 229 Å². The third-order valence-corrected chi connectivity index (χ3v) is 11.5. The van der Waals surface area contributed by atoms with E-state index >= 15 is 0 Å². The second kappa shape index (κ2) is 14.1. The van der Waals surface area contributed by atoms with Gasteiger partial charge in [-0.2, -0.15) is 0 Å². The molecule has 0 aliphatic carbocycles. The first-order valence-corrected chi connectivity index (χ1v) is 19.8. The number of anilines is 3. The summed E-state index contributed by atoms with van der Waals surface area (Å²) in [6.45, 7) is 0. The molecule has 10 aromatic carbocycles. The third-order valence-electron chi connectivity index (χ3n) is 11.5. The summed E-state index contributed by atoms with van der Waals surface area (Å²) >= 11 is 0. The highest BCUT2D eigenvalue weighted by Crippen LogP contribution is 2.44. The minimum atomic E-state index is 0.896. The van der Waals surface area contributed by atoms with Crippen molar-refractivity contribution in [2.24, 2.45) is 0 Å². The van der Waals surface area contributed by atoms with Gasteiger partial charge in [-0.25, -0.2) is 0 Å². The largest absolute Gasteiger partial charge is 0.455 e. The fraction of sp³-hybridized carbons (Fsp3) is 0. The minimum Gasteiger partial charge on any atom is -0.455 e. The molecule has 0 atom stereocenters. The van der Waals surface area contributed by atoms with Crippen molar-refractivity contribution in [2.75, 3.05) is 4.90 Å². The lowest BCUT2D eigenvalue weighted by Gasteiger charge is -2.28. The molecule has 0 unspecified atom stereocenters. The van der Waals surface area contributed by atoms with Gasteiger partial charge in [0.05, 0.1) is 5.69 Å². The van der Waals surface area contributed by atoms with Crippen LogP contribution in [0.1, 0.15) is 0 Å². The lowest BCUT2D eigenvalue weighted by Crippen LogP contribution is -2.11. The maximum atomic E-state index is 6.55. The van der Waals surface area contributed by atoms with Crippen LogP contribution in [0.3, 0.4) is 0 Å². The Morgan fingerprint density at radius 2 is 0.793 bits per heavy atom. The van der Waals surface area contributed by atoms with E-state index in [0.717, 1.165) is 66.6 Å². The van der Waals surface area contributed by atoms with Crippen LogP contribution in [0.2, 0.25) is 0 Å². The molecule has 58 heavy (non-hydrogen) atoms. The summed E-state index contributed by atoms with van der Waals surface area (Å²) in [6.07, 6.45) is 0. The molecule has 0 saturated heterocycles. The Morgan fingerprint density at radius 3 is 1.55 bits per heavy atom. The fourth-order valence-corrected chi connectivity index (χ4v) is 8.66. The van der Waals surface area contributed by atoms with Crippen LogP contribution in [0, 0.1) is 0 Å². The van der Waals surface area contributed by atoms with Gasteiger partial charge in [0.15, 0.2) is 0 Å². The molecule has 0 aliphatic rings. The summed E-state index contributed by atoms with van der Waals surface area (Å²) in [6, 6.07) is 80.6. The monoisotopic (exact) mass is 739 g/mol. The van der Waals surface area contributed by atoms with Gasteiger partial charge in [-0.05, 0) is 97.6 Å². The zero-order valence-electron chi connectivity index (χ0n) is 31.7. The number of benzene rings is 10. The number of hydrogen-bond donors (Lipinski definition) is 0. The van der Waals surface area contributed by atoms with E-state index in [-0.39, 0.29) is 0 Å². The first-order valence-electron chi connectivity index (χ1n) is 19.8. The van der Waals surface area contributed by atoms with Crippen molar-refractivity contribution >= 4 is 60.5 Å². The SMILES string of the molecule is c1ccc(-c2ccc(-c3ccccc3N(c3ccc(-c4cccc5ccccc45)cc3)c3ccc(-c4cccc5oc6c7ccccc7ccc6c45)cc3)cc2)cc1. The van der Waals surface area contributed by atoms with E-state index in [1.165, 1.54) is 38.4 Å². The Balaban J connectivity index is 1.03. The number of furan rings is 1. The quantitative estimate of drug-likeness (QED) is 0.162.